The molecule has 0 bridgehead atoms. The Morgan fingerprint density at radius 2 is 2.28 bits per heavy atom. The van der Waals surface area contributed by atoms with Gasteiger partial charge >= 0.3 is 0 Å². The van der Waals surface area contributed by atoms with E-state index < -0.39 is 0 Å². The van der Waals surface area contributed by atoms with Gasteiger partial charge in [-0.1, -0.05) is 12.1 Å². The zero-order valence-electron chi connectivity index (χ0n) is 13.8. The number of ether oxygens (including phenoxy) is 1. The topological polar surface area (TPSA) is 51.2 Å². The molecule has 128 valence electrons. The maximum absolute atomic E-state index is 14.4. The first kappa shape index (κ1) is 15.8. The zero-order valence-corrected chi connectivity index (χ0v) is 13.8. The third-order valence-corrected chi connectivity index (χ3v) is 4.67. The second-order valence-electron chi connectivity index (χ2n) is 6.46. The second-order valence-corrected chi connectivity index (χ2v) is 6.46. The zero-order chi connectivity index (χ0) is 17.2. The van der Waals surface area contributed by atoms with Crippen LogP contribution in [0.15, 0.2) is 48.3 Å². The van der Waals surface area contributed by atoms with Crippen molar-refractivity contribution in [3.05, 3.63) is 59.7 Å². The number of carbonyl (C=O) groups excluding carboxylic acids is 1. The number of allylic oxidation sites excluding steroid dienone is 1. The molecule has 1 aliphatic heterocycles. The smallest absolute Gasteiger partial charge is 0.247 e. The van der Waals surface area contributed by atoms with E-state index in [1.165, 1.54) is 6.07 Å². The molecule has 5 heteroatoms. The molecule has 1 atom stereocenters. The van der Waals surface area contributed by atoms with Gasteiger partial charge in [-0.05, 0) is 43.0 Å². The molecule has 0 radical (unpaired) electrons. The number of rotatable bonds is 4. The van der Waals surface area contributed by atoms with Crippen LogP contribution in [0.3, 0.4) is 0 Å². The summed E-state index contributed by atoms with van der Waals surface area (Å²) in [6, 6.07) is 7.14. The van der Waals surface area contributed by atoms with Gasteiger partial charge in [0.05, 0.1) is 6.54 Å². The van der Waals surface area contributed by atoms with Gasteiger partial charge in [-0.2, -0.15) is 0 Å². The predicted molar refractivity (Wildman–Crippen MR) is 92.7 cm³/mol. The van der Waals surface area contributed by atoms with E-state index in [0.717, 1.165) is 41.5 Å². The molecule has 0 unspecified atom stereocenters. The highest BCUT2D eigenvalue weighted by Crippen LogP contribution is 2.35. The van der Waals surface area contributed by atoms with Gasteiger partial charge in [0, 0.05) is 35.5 Å². The van der Waals surface area contributed by atoms with Crippen molar-refractivity contribution in [2.45, 2.75) is 31.8 Å². The van der Waals surface area contributed by atoms with Crippen LogP contribution in [0.5, 0.6) is 5.75 Å². The quantitative estimate of drug-likeness (QED) is 0.929. The van der Waals surface area contributed by atoms with E-state index in [9.17, 15) is 9.18 Å². The van der Waals surface area contributed by atoms with Gasteiger partial charge in [0.1, 0.15) is 6.10 Å². The molecule has 0 saturated carbocycles. The van der Waals surface area contributed by atoms with Crippen LogP contribution in [-0.4, -0.2) is 23.5 Å². The standard InChI is InChI=1S/C20H19FN2O2/c21-18-10-15(14-6-3-7-22-11-14)8-16-9-17(25-19(16)18)12-23-20(24)13-4-1-2-5-13/h3-4,6-8,10-11,17H,1-2,5,9,12H2,(H,23,24)/t17-/m0/s1. The average Bonchev–Trinajstić information content (AvgIpc) is 3.30. The molecule has 25 heavy (non-hydrogen) atoms. The van der Waals surface area contributed by atoms with E-state index in [1.807, 2.05) is 24.3 Å². The minimum Gasteiger partial charge on any atom is -0.485 e. The van der Waals surface area contributed by atoms with Gasteiger partial charge in [-0.15, -0.1) is 0 Å². The lowest BCUT2D eigenvalue weighted by molar-refractivity contribution is -0.117. The van der Waals surface area contributed by atoms with Gasteiger partial charge in [0.15, 0.2) is 11.6 Å². The Labute approximate surface area is 145 Å². The number of pyridine rings is 1. The first-order chi connectivity index (χ1) is 12.2. The Bertz CT molecular complexity index is 833. The molecule has 1 aliphatic carbocycles. The lowest BCUT2D eigenvalue weighted by Crippen LogP contribution is -2.35. The van der Waals surface area contributed by atoms with Crippen LogP contribution in [-0.2, 0) is 11.2 Å². The number of carbonyl (C=O) groups is 1. The van der Waals surface area contributed by atoms with Crippen LogP contribution in [0.25, 0.3) is 11.1 Å². The molecule has 0 saturated heterocycles. The van der Waals surface area contributed by atoms with Crippen LogP contribution in [0, 0.1) is 5.82 Å². The SMILES string of the molecule is O=C(NC[C@@H]1Cc2cc(-c3cccnc3)cc(F)c2O1)C1=CCCC1. The van der Waals surface area contributed by atoms with Crippen molar-refractivity contribution in [2.75, 3.05) is 6.54 Å². The Balaban J connectivity index is 1.45. The number of halogens is 1. The van der Waals surface area contributed by atoms with Crippen molar-refractivity contribution in [1.82, 2.24) is 10.3 Å². The highest BCUT2D eigenvalue weighted by Gasteiger charge is 2.27. The third kappa shape index (κ3) is 3.27. The maximum Gasteiger partial charge on any atom is 0.247 e. The third-order valence-electron chi connectivity index (χ3n) is 4.67. The summed E-state index contributed by atoms with van der Waals surface area (Å²) < 4.78 is 20.1. The molecule has 1 N–H and O–H groups in total. The number of benzene rings is 1. The molecule has 0 spiro atoms. The van der Waals surface area contributed by atoms with E-state index in [1.54, 1.807) is 12.4 Å². The first-order valence-electron chi connectivity index (χ1n) is 8.57. The monoisotopic (exact) mass is 338 g/mol. The Hall–Kier alpha value is -2.69. The van der Waals surface area contributed by atoms with Crippen molar-refractivity contribution >= 4 is 5.91 Å². The minimum atomic E-state index is -0.372. The molecule has 4 nitrogen and oxygen atoms in total. The molecule has 2 aliphatic rings. The summed E-state index contributed by atoms with van der Waals surface area (Å²) in [7, 11) is 0. The molecule has 2 heterocycles. The molecule has 2 aromatic rings. The van der Waals surface area contributed by atoms with Crippen LogP contribution in [0.2, 0.25) is 0 Å². The molecule has 0 fully saturated rings. The van der Waals surface area contributed by atoms with E-state index in [0.29, 0.717) is 18.7 Å². The lowest BCUT2D eigenvalue weighted by Gasteiger charge is -2.12. The van der Waals surface area contributed by atoms with Crippen molar-refractivity contribution in [3.8, 4) is 16.9 Å². The molecule has 1 aromatic carbocycles. The molecule has 1 aromatic heterocycles. The number of hydrogen-bond acceptors (Lipinski definition) is 3. The summed E-state index contributed by atoms with van der Waals surface area (Å²) in [6.45, 7) is 0.381. The summed E-state index contributed by atoms with van der Waals surface area (Å²) in [5.41, 5.74) is 3.33. The van der Waals surface area contributed by atoms with Gasteiger partial charge < -0.3 is 10.1 Å². The van der Waals surface area contributed by atoms with E-state index in [4.69, 9.17) is 4.74 Å². The Kier molecular flexibility index (Phi) is 4.22. The number of nitrogens with one attached hydrogen (secondary N) is 1. The molecule has 4 rings (SSSR count). The first-order valence-corrected chi connectivity index (χ1v) is 8.57. The number of nitrogens with zero attached hydrogens (tertiary/aromatic N) is 1. The summed E-state index contributed by atoms with van der Waals surface area (Å²) in [5.74, 6) is -0.107. The molecular formula is C20H19FN2O2. The van der Waals surface area contributed by atoms with Crippen molar-refractivity contribution < 1.29 is 13.9 Å². The summed E-state index contributed by atoms with van der Waals surface area (Å²) >= 11 is 0. The number of fused-ring (bicyclic) bond motifs is 1. The average molecular weight is 338 g/mol. The van der Waals surface area contributed by atoms with Crippen LogP contribution < -0.4 is 10.1 Å². The molecule has 1 amide bonds. The number of amides is 1. The fourth-order valence-electron chi connectivity index (χ4n) is 3.40. The Morgan fingerprint density at radius 3 is 3.04 bits per heavy atom. The van der Waals surface area contributed by atoms with Gasteiger partial charge in [-0.25, -0.2) is 4.39 Å². The normalized spacial score (nSPS) is 18.4. The van der Waals surface area contributed by atoms with Crippen LogP contribution >= 0.6 is 0 Å². The van der Waals surface area contributed by atoms with E-state index in [2.05, 4.69) is 10.3 Å². The fourth-order valence-corrected chi connectivity index (χ4v) is 3.40. The maximum atomic E-state index is 14.4. The minimum absolute atomic E-state index is 0.0337. The van der Waals surface area contributed by atoms with Gasteiger partial charge in [0.2, 0.25) is 5.91 Å². The van der Waals surface area contributed by atoms with Gasteiger partial charge in [-0.3, -0.25) is 9.78 Å². The Morgan fingerprint density at radius 1 is 1.36 bits per heavy atom. The molecular weight excluding hydrogens is 319 g/mol. The number of aromatic nitrogens is 1. The number of hydrogen-bond donors (Lipinski definition) is 1. The van der Waals surface area contributed by atoms with Crippen LogP contribution in [0.1, 0.15) is 24.8 Å². The van der Waals surface area contributed by atoms with Gasteiger partial charge in [0.25, 0.3) is 0 Å². The van der Waals surface area contributed by atoms with Crippen molar-refractivity contribution in [1.29, 1.82) is 0 Å². The summed E-state index contributed by atoms with van der Waals surface area (Å²) in [6.07, 6.45) is 8.57. The lowest BCUT2D eigenvalue weighted by atomic mass is 10.0. The largest absolute Gasteiger partial charge is 0.485 e. The fraction of sp³-hybridized carbons (Fsp3) is 0.300. The van der Waals surface area contributed by atoms with Crippen LogP contribution in [0.4, 0.5) is 4.39 Å². The van der Waals surface area contributed by atoms with E-state index in [-0.39, 0.29) is 17.8 Å². The van der Waals surface area contributed by atoms with Crippen molar-refractivity contribution in [3.63, 3.8) is 0 Å². The predicted octanol–water partition coefficient (Wildman–Crippen LogP) is 3.42. The second kappa shape index (κ2) is 6.67. The summed E-state index contributed by atoms with van der Waals surface area (Å²) in [4.78, 5) is 16.1. The highest BCUT2D eigenvalue weighted by molar-refractivity contribution is 5.93. The highest BCUT2D eigenvalue weighted by atomic mass is 19.1. The summed E-state index contributed by atoms with van der Waals surface area (Å²) in [5, 5.41) is 2.90. The van der Waals surface area contributed by atoms with E-state index >= 15 is 0 Å². The van der Waals surface area contributed by atoms with Crippen molar-refractivity contribution in [2.24, 2.45) is 0 Å².